The molecule has 11 nitrogen and oxygen atoms in total. The largest absolute Gasteiger partial charge is 0.465 e. The normalized spacial score (nSPS) is 12.2. The second kappa shape index (κ2) is 12.8. The molecule has 40 heavy (non-hydrogen) atoms. The molecule has 1 atom stereocenters. The number of nitrogens with zero attached hydrogens (tertiary/aromatic N) is 2. The van der Waals surface area contributed by atoms with Crippen molar-refractivity contribution < 1.29 is 19.8 Å². The molecule has 0 aliphatic rings. The summed E-state index contributed by atoms with van der Waals surface area (Å²) in [7, 11) is 1.70. The van der Waals surface area contributed by atoms with E-state index in [1.165, 1.54) is 4.68 Å². The van der Waals surface area contributed by atoms with Gasteiger partial charge in [-0.25, -0.2) is 9.59 Å². The third-order valence-electron chi connectivity index (χ3n) is 6.74. The second-order valence-corrected chi connectivity index (χ2v) is 9.22. The molecular formula is C29H33N7O4. The Hall–Kier alpha value is -4.87. The van der Waals surface area contributed by atoms with Gasteiger partial charge >= 0.3 is 12.2 Å². The van der Waals surface area contributed by atoms with Crippen LogP contribution in [0.3, 0.4) is 0 Å². The highest BCUT2D eigenvalue weighted by Gasteiger charge is 2.36. The zero-order chi connectivity index (χ0) is 28.5. The number of nitrogens with two attached hydrogens (primary N) is 1. The highest BCUT2D eigenvalue weighted by atomic mass is 16.4. The van der Waals surface area contributed by atoms with Crippen molar-refractivity contribution in [3.63, 3.8) is 0 Å². The first-order valence-corrected chi connectivity index (χ1v) is 12.7. The lowest BCUT2D eigenvalue weighted by molar-refractivity contribution is 0.167. The highest BCUT2D eigenvalue weighted by Crippen LogP contribution is 2.37. The smallest absolute Gasteiger partial charge is 0.407 e. The number of carbonyl (C=O) groups is 2. The summed E-state index contributed by atoms with van der Waals surface area (Å²) in [4.78, 5) is 22.7. The van der Waals surface area contributed by atoms with Crippen LogP contribution in [-0.2, 0) is 12.6 Å². The topological polar surface area (TPSA) is 167 Å². The van der Waals surface area contributed by atoms with Gasteiger partial charge in [0.25, 0.3) is 0 Å². The molecule has 2 amide bonds. The van der Waals surface area contributed by atoms with Crippen LogP contribution in [-0.4, -0.2) is 45.0 Å². The van der Waals surface area contributed by atoms with Crippen LogP contribution in [0.25, 0.3) is 0 Å². The number of aryl methyl sites for hydroxylation is 1. The predicted octanol–water partition coefficient (Wildman–Crippen LogP) is 3.42. The van der Waals surface area contributed by atoms with Crippen molar-refractivity contribution in [1.82, 2.24) is 31.0 Å². The monoisotopic (exact) mass is 543 g/mol. The molecule has 4 aromatic rings. The van der Waals surface area contributed by atoms with Gasteiger partial charge in [0.15, 0.2) is 6.29 Å². The molecule has 0 saturated carbocycles. The Bertz CT molecular complexity index is 1290. The highest BCUT2D eigenvalue weighted by molar-refractivity contribution is 5.68. The van der Waals surface area contributed by atoms with E-state index in [0.29, 0.717) is 24.3 Å². The molecule has 0 bridgehead atoms. The number of amides is 2. The Morgan fingerprint density at radius 1 is 0.850 bits per heavy atom. The van der Waals surface area contributed by atoms with Gasteiger partial charge in [-0.3, -0.25) is 25.9 Å². The summed E-state index contributed by atoms with van der Waals surface area (Å²) in [6.07, 6.45) is -2.08. The summed E-state index contributed by atoms with van der Waals surface area (Å²) in [5, 5.41) is 33.9. The van der Waals surface area contributed by atoms with Crippen molar-refractivity contribution in [1.29, 1.82) is 0 Å². The fourth-order valence-electron chi connectivity index (χ4n) is 4.90. The van der Waals surface area contributed by atoms with Crippen LogP contribution in [0.15, 0.2) is 97.2 Å². The summed E-state index contributed by atoms with van der Waals surface area (Å²) in [6, 6.07) is 29.8. The minimum absolute atomic E-state index is 0.377. The first kappa shape index (κ1) is 28.1. The van der Waals surface area contributed by atoms with Crippen LogP contribution in [0.1, 0.15) is 34.7 Å². The first-order valence-electron chi connectivity index (χ1n) is 12.7. The van der Waals surface area contributed by atoms with E-state index in [1.54, 1.807) is 13.2 Å². The molecule has 0 saturated heterocycles. The van der Waals surface area contributed by atoms with Gasteiger partial charge in [-0.05, 0) is 29.7 Å². The Morgan fingerprint density at radius 3 is 1.68 bits per heavy atom. The summed E-state index contributed by atoms with van der Waals surface area (Å²) in [5.74, 6) is 0.377. The standard InChI is InChI=1S/C29H33N7O4/c1-36-25(30)23(19-32-36)24(33-26(34-27(37)38)35-28(39)40)17-18-31-29(20-11-5-2-6-12-20,21-13-7-3-8-14-21)22-15-9-4-10-16-22/h2-16,19,24,26,31,33-35H,17-18,30H2,1H3,(H,37,38)(H,39,40). The zero-order valence-electron chi connectivity index (χ0n) is 22.0. The Morgan fingerprint density at radius 2 is 1.30 bits per heavy atom. The van der Waals surface area contributed by atoms with E-state index in [1.807, 2.05) is 54.6 Å². The van der Waals surface area contributed by atoms with Crippen LogP contribution in [0.5, 0.6) is 0 Å². The Labute approximate surface area is 232 Å². The fourth-order valence-corrected chi connectivity index (χ4v) is 4.90. The van der Waals surface area contributed by atoms with Gasteiger partial charge in [-0.2, -0.15) is 5.10 Å². The quantitative estimate of drug-likeness (QED) is 0.105. The lowest BCUT2D eigenvalue weighted by atomic mass is 9.77. The number of hydrogen-bond acceptors (Lipinski definition) is 6. The number of aromatic nitrogens is 2. The van der Waals surface area contributed by atoms with E-state index in [-0.39, 0.29) is 0 Å². The molecule has 1 aromatic heterocycles. The van der Waals surface area contributed by atoms with Gasteiger partial charge in [-0.15, -0.1) is 0 Å². The molecule has 208 valence electrons. The lowest BCUT2D eigenvalue weighted by Crippen LogP contribution is -2.57. The second-order valence-electron chi connectivity index (χ2n) is 9.22. The molecule has 11 heteroatoms. The van der Waals surface area contributed by atoms with E-state index in [0.717, 1.165) is 16.7 Å². The molecule has 8 N–H and O–H groups in total. The number of nitrogen functional groups attached to an aromatic ring is 1. The molecule has 1 heterocycles. The number of anilines is 1. The predicted molar refractivity (Wildman–Crippen MR) is 151 cm³/mol. The van der Waals surface area contributed by atoms with E-state index in [4.69, 9.17) is 5.73 Å². The summed E-state index contributed by atoms with van der Waals surface area (Å²) >= 11 is 0. The average Bonchev–Trinajstić information content (AvgIpc) is 3.29. The Balaban J connectivity index is 1.71. The zero-order valence-corrected chi connectivity index (χ0v) is 22.0. The van der Waals surface area contributed by atoms with Crippen molar-refractivity contribution in [2.75, 3.05) is 12.3 Å². The molecule has 0 radical (unpaired) electrons. The van der Waals surface area contributed by atoms with Crippen LogP contribution in [0.2, 0.25) is 0 Å². The SMILES string of the molecule is Cn1ncc(C(CCNC(c2ccccc2)(c2ccccc2)c2ccccc2)NC(NC(=O)O)NC(=O)O)c1N. The molecule has 0 spiro atoms. The van der Waals surface area contributed by atoms with Crippen molar-refractivity contribution >= 4 is 18.0 Å². The van der Waals surface area contributed by atoms with E-state index in [2.05, 4.69) is 62.8 Å². The van der Waals surface area contributed by atoms with Gasteiger partial charge in [-0.1, -0.05) is 91.0 Å². The van der Waals surface area contributed by atoms with E-state index < -0.39 is 30.1 Å². The maximum Gasteiger partial charge on any atom is 0.407 e. The third kappa shape index (κ3) is 6.40. The minimum Gasteiger partial charge on any atom is -0.465 e. The maximum atomic E-state index is 11.4. The molecule has 0 aliphatic heterocycles. The van der Waals surface area contributed by atoms with Gasteiger partial charge in [0.05, 0.1) is 11.7 Å². The van der Waals surface area contributed by atoms with Gasteiger partial charge in [0, 0.05) is 18.7 Å². The summed E-state index contributed by atoms with van der Waals surface area (Å²) in [6.45, 7) is 0.428. The minimum atomic E-state index is -1.39. The fraction of sp³-hybridized carbons (Fsp3) is 0.207. The summed E-state index contributed by atoms with van der Waals surface area (Å²) < 4.78 is 1.50. The maximum absolute atomic E-state index is 11.4. The molecule has 1 unspecified atom stereocenters. The number of benzene rings is 3. The number of hydrogen-bond donors (Lipinski definition) is 7. The van der Waals surface area contributed by atoms with Crippen molar-refractivity contribution in [3.05, 3.63) is 119 Å². The van der Waals surface area contributed by atoms with Crippen molar-refractivity contribution in [2.45, 2.75) is 24.3 Å². The van der Waals surface area contributed by atoms with Crippen LogP contribution < -0.4 is 27.0 Å². The molecular weight excluding hydrogens is 510 g/mol. The number of nitrogens with one attached hydrogen (secondary N) is 4. The number of carboxylic acid groups (broad SMARTS) is 2. The van der Waals surface area contributed by atoms with Gasteiger partial charge in [0.2, 0.25) is 0 Å². The van der Waals surface area contributed by atoms with Crippen LogP contribution >= 0.6 is 0 Å². The molecule has 0 fully saturated rings. The van der Waals surface area contributed by atoms with Gasteiger partial charge in [0.1, 0.15) is 5.82 Å². The summed E-state index contributed by atoms with van der Waals surface area (Å²) in [5.41, 5.74) is 9.29. The Kier molecular flexibility index (Phi) is 9.00. The van der Waals surface area contributed by atoms with Crippen molar-refractivity contribution in [2.24, 2.45) is 7.05 Å². The van der Waals surface area contributed by atoms with E-state index >= 15 is 0 Å². The molecule has 4 rings (SSSR count). The van der Waals surface area contributed by atoms with E-state index in [9.17, 15) is 19.8 Å². The van der Waals surface area contributed by atoms with Crippen molar-refractivity contribution in [3.8, 4) is 0 Å². The third-order valence-corrected chi connectivity index (χ3v) is 6.74. The number of rotatable bonds is 12. The van der Waals surface area contributed by atoms with Crippen LogP contribution in [0, 0.1) is 0 Å². The molecule has 0 aliphatic carbocycles. The lowest BCUT2D eigenvalue weighted by Gasteiger charge is -2.38. The van der Waals surface area contributed by atoms with Crippen LogP contribution in [0.4, 0.5) is 15.4 Å². The average molecular weight is 544 g/mol. The first-order chi connectivity index (χ1) is 19.3. The molecule has 3 aromatic carbocycles. The van der Waals surface area contributed by atoms with Gasteiger partial charge < -0.3 is 15.9 Å².